The van der Waals surface area contributed by atoms with Gasteiger partial charge in [-0.15, -0.1) is 0 Å². The molecule has 1 atom stereocenters. The molecule has 4 N–H and O–H groups in total. The molecular weight excluding hydrogens is 268 g/mol. The molecule has 0 radical (unpaired) electrons. The van der Waals surface area contributed by atoms with Crippen LogP contribution in [0.15, 0.2) is 24.3 Å². The Labute approximate surface area is 125 Å². The highest BCUT2D eigenvalue weighted by molar-refractivity contribution is 5.79. The maximum atomic E-state index is 11.9. The average Bonchev–Trinajstić information content (AvgIpc) is 2.32. The van der Waals surface area contributed by atoms with Crippen molar-refractivity contribution in [2.45, 2.75) is 33.6 Å². The van der Waals surface area contributed by atoms with E-state index in [0.29, 0.717) is 12.1 Å². The predicted octanol–water partition coefficient (Wildman–Crippen LogP) is 2.06. The summed E-state index contributed by atoms with van der Waals surface area (Å²) in [5, 5.41) is 11.9. The van der Waals surface area contributed by atoms with Gasteiger partial charge >= 0.3 is 5.97 Å². The van der Waals surface area contributed by atoms with Gasteiger partial charge in [0, 0.05) is 12.2 Å². The maximum Gasteiger partial charge on any atom is 0.308 e. The average molecular weight is 292 g/mol. The van der Waals surface area contributed by atoms with E-state index in [2.05, 4.69) is 5.32 Å². The lowest BCUT2D eigenvalue weighted by Gasteiger charge is -2.23. The largest absolute Gasteiger partial charge is 0.481 e. The molecule has 5 nitrogen and oxygen atoms in total. The predicted molar refractivity (Wildman–Crippen MR) is 82.8 cm³/mol. The lowest BCUT2D eigenvalue weighted by atomic mass is 9.84. The summed E-state index contributed by atoms with van der Waals surface area (Å²) in [6.45, 7) is 6.10. The van der Waals surface area contributed by atoms with Crippen LogP contribution in [0.25, 0.3) is 0 Å². The number of anilines is 1. The standard InChI is InChI=1S/C16H24N2O3/c1-16(2,3)9-12(15(20)21)10-18-14(19)8-11-5-4-6-13(17)7-11/h4-7,12H,8-10,17H2,1-3H3,(H,18,19)(H,20,21). The number of aliphatic carboxylic acids is 1. The van der Waals surface area contributed by atoms with Gasteiger partial charge in [0.05, 0.1) is 12.3 Å². The number of nitrogens with two attached hydrogens (primary N) is 1. The molecule has 1 rings (SSSR count). The first-order valence-corrected chi connectivity index (χ1v) is 7.01. The first kappa shape index (κ1) is 17.0. The molecule has 0 heterocycles. The molecular formula is C16H24N2O3. The monoisotopic (exact) mass is 292 g/mol. The number of carbonyl (C=O) groups is 2. The summed E-state index contributed by atoms with van der Waals surface area (Å²) >= 11 is 0. The van der Waals surface area contributed by atoms with Gasteiger partial charge in [0.15, 0.2) is 0 Å². The Hall–Kier alpha value is -2.04. The zero-order valence-electron chi connectivity index (χ0n) is 12.8. The van der Waals surface area contributed by atoms with Gasteiger partial charge in [-0.2, -0.15) is 0 Å². The van der Waals surface area contributed by atoms with Crippen molar-refractivity contribution in [2.24, 2.45) is 11.3 Å². The Morgan fingerprint density at radius 2 is 2.00 bits per heavy atom. The van der Waals surface area contributed by atoms with Gasteiger partial charge in [-0.05, 0) is 29.5 Å². The molecule has 0 spiro atoms. The van der Waals surface area contributed by atoms with E-state index in [1.165, 1.54) is 0 Å². The summed E-state index contributed by atoms with van der Waals surface area (Å²) < 4.78 is 0. The quantitative estimate of drug-likeness (QED) is 0.700. The molecule has 0 saturated carbocycles. The van der Waals surface area contributed by atoms with Crippen molar-refractivity contribution in [1.82, 2.24) is 5.32 Å². The van der Waals surface area contributed by atoms with Crippen molar-refractivity contribution < 1.29 is 14.7 Å². The van der Waals surface area contributed by atoms with E-state index in [9.17, 15) is 14.7 Å². The van der Waals surface area contributed by atoms with E-state index in [1.54, 1.807) is 18.2 Å². The summed E-state index contributed by atoms with van der Waals surface area (Å²) in [6.07, 6.45) is 0.716. The van der Waals surface area contributed by atoms with Crippen molar-refractivity contribution >= 4 is 17.6 Å². The molecule has 21 heavy (non-hydrogen) atoms. The molecule has 0 aliphatic rings. The topological polar surface area (TPSA) is 92.4 Å². The molecule has 1 unspecified atom stereocenters. The molecule has 0 fully saturated rings. The molecule has 0 aromatic heterocycles. The number of hydrogen-bond acceptors (Lipinski definition) is 3. The fourth-order valence-corrected chi connectivity index (χ4v) is 2.17. The molecule has 0 saturated heterocycles. The Morgan fingerprint density at radius 1 is 1.33 bits per heavy atom. The van der Waals surface area contributed by atoms with Crippen LogP contribution in [-0.4, -0.2) is 23.5 Å². The van der Waals surface area contributed by atoms with Gasteiger partial charge in [-0.25, -0.2) is 0 Å². The summed E-state index contributed by atoms with van der Waals surface area (Å²) in [5.74, 6) is -1.65. The molecule has 1 amide bonds. The highest BCUT2D eigenvalue weighted by atomic mass is 16.4. The molecule has 116 valence electrons. The van der Waals surface area contributed by atoms with E-state index in [1.807, 2.05) is 26.8 Å². The van der Waals surface area contributed by atoms with Gasteiger partial charge in [-0.1, -0.05) is 32.9 Å². The summed E-state index contributed by atoms with van der Waals surface area (Å²) in [5.41, 5.74) is 6.98. The highest BCUT2D eigenvalue weighted by Crippen LogP contribution is 2.24. The van der Waals surface area contributed by atoms with E-state index in [4.69, 9.17) is 5.73 Å². The van der Waals surface area contributed by atoms with Crippen molar-refractivity contribution in [1.29, 1.82) is 0 Å². The van der Waals surface area contributed by atoms with Gasteiger partial charge in [0.2, 0.25) is 5.91 Å². The van der Waals surface area contributed by atoms with E-state index >= 15 is 0 Å². The van der Waals surface area contributed by atoms with Crippen molar-refractivity contribution in [3.8, 4) is 0 Å². The molecule has 0 aliphatic carbocycles. The Bertz CT molecular complexity index is 506. The lowest BCUT2D eigenvalue weighted by molar-refractivity contribution is -0.142. The summed E-state index contributed by atoms with van der Waals surface area (Å²) in [7, 11) is 0. The maximum absolute atomic E-state index is 11.9. The zero-order chi connectivity index (χ0) is 16.0. The number of nitrogen functional groups attached to an aromatic ring is 1. The molecule has 0 bridgehead atoms. The molecule has 0 aliphatic heterocycles. The van der Waals surface area contributed by atoms with E-state index < -0.39 is 11.9 Å². The normalized spacial score (nSPS) is 12.7. The third-order valence-corrected chi connectivity index (χ3v) is 3.07. The third kappa shape index (κ3) is 6.79. The minimum absolute atomic E-state index is 0.0956. The van der Waals surface area contributed by atoms with E-state index in [-0.39, 0.29) is 24.3 Å². The number of rotatable bonds is 6. The second kappa shape index (κ2) is 7.11. The van der Waals surface area contributed by atoms with Crippen LogP contribution >= 0.6 is 0 Å². The second-order valence-electron chi connectivity index (χ2n) is 6.53. The van der Waals surface area contributed by atoms with Gasteiger partial charge in [0.1, 0.15) is 0 Å². The Morgan fingerprint density at radius 3 is 2.52 bits per heavy atom. The van der Waals surface area contributed by atoms with Crippen LogP contribution in [0, 0.1) is 11.3 Å². The van der Waals surface area contributed by atoms with Crippen LogP contribution < -0.4 is 11.1 Å². The Balaban J connectivity index is 2.52. The second-order valence-corrected chi connectivity index (χ2v) is 6.53. The molecule has 5 heteroatoms. The number of amides is 1. The first-order chi connectivity index (χ1) is 9.67. The van der Waals surface area contributed by atoms with Crippen molar-refractivity contribution in [2.75, 3.05) is 12.3 Å². The SMILES string of the molecule is CC(C)(C)CC(CNC(=O)Cc1cccc(N)c1)C(=O)O. The van der Waals surface area contributed by atoms with Crippen LogP contribution in [0.2, 0.25) is 0 Å². The van der Waals surface area contributed by atoms with E-state index in [0.717, 1.165) is 5.56 Å². The Kier molecular flexibility index (Phi) is 5.76. The van der Waals surface area contributed by atoms with Gasteiger partial charge in [-0.3, -0.25) is 9.59 Å². The smallest absolute Gasteiger partial charge is 0.308 e. The van der Waals surface area contributed by atoms with Gasteiger partial charge < -0.3 is 16.2 Å². The minimum atomic E-state index is -0.880. The fraction of sp³-hybridized carbons (Fsp3) is 0.500. The van der Waals surface area contributed by atoms with Crippen LogP contribution in [0.5, 0.6) is 0 Å². The number of nitrogens with one attached hydrogen (secondary N) is 1. The number of hydrogen-bond donors (Lipinski definition) is 3. The van der Waals surface area contributed by atoms with Crippen LogP contribution in [0.4, 0.5) is 5.69 Å². The van der Waals surface area contributed by atoms with Crippen molar-refractivity contribution in [3.63, 3.8) is 0 Å². The van der Waals surface area contributed by atoms with Gasteiger partial charge in [0.25, 0.3) is 0 Å². The zero-order valence-corrected chi connectivity index (χ0v) is 12.8. The van der Waals surface area contributed by atoms with Crippen LogP contribution in [-0.2, 0) is 16.0 Å². The van der Waals surface area contributed by atoms with Crippen molar-refractivity contribution in [3.05, 3.63) is 29.8 Å². The fourth-order valence-electron chi connectivity index (χ4n) is 2.17. The van der Waals surface area contributed by atoms with Crippen LogP contribution in [0.3, 0.4) is 0 Å². The summed E-state index contributed by atoms with van der Waals surface area (Å²) in [4.78, 5) is 23.1. The number of carboxylic acid groups (broad SMARTS) is 1. The number of benzene rings is 1. The molecule has 1 aromatic rings. The minimum Gasteiger partial charge on any atom is -0.481 e. The van der Waals surface area contributed by atoms with Crippen LogP contribution in [0.1, 0.15) is 32.8 Å². The highest BCUT2D eigenvalue weighted by Gasteiger charge is 2.24. The third-order valence-electron chi connectivity index (χ3n) is 3.07. The number of carbonyl (C=O) groups excluding carboxylic acids is 1. The lowest BCUT2D eigenvalue weighted by Crippen LogP contribution is -2.35. The first-order valence-electron chi connectivity index (χ1n) is 7.01. The molecule has 1 aromatic carbocycles. The summed E-state index contributed by atoms with van der Waals surface area (Å²) in [6, 6.07) is 7.10. The number of carboxylic acids is 1.